The van der Waals surface area contributed by atoms with Crippen molar-refractivity contribution < 1.29 is 13.2 Å². The Hall–Kier alpha value is -2.64. The van der Waals surface area contributed by atoms with E-state index >= 15 is 0 Å². The SMILES string of the molecule is CNS(=O)(=O)c1ccc(NC(=O)c2ccc3[nH]c(C)c(C)c3c2)cc1. The first kappa shape index (κ1) is 17.2. The Morgan fingerprint density at radius 3 is 2.36 bits per heavy atom. The second-order valence-corrected chi connectivity index (χ2v) is 7.71. The molecule has 6 nitrogen and oxygen atoms in total. The van der Waals surface area contributed by atoms with Crippen LogP contribution in [0.15, 0.2) is 47.4 Å². The van der Waals surface area contributed by atoms with Crippen LogP contribution in [-0.2, 0) is 10.0 Å². The number of carbonyl (C=O) groups is 1. The van der Waals surface area contributed by atoms with Crippen molar-refractivity contribution in [1.82, 2.24) is 9.71 Å². The van der Waals surface area contributed by atoms with Crippen molar-refractivity contribution in [1.29, 1.82) is 0 Å². The fraction of sp³-hybridized carbons (Fsp3) is 0.167. The number of hydrogen-bond donors (Lipinski definition) is 3. The van der Waals surface area contributed by atoms with Gasteiger partial charge in [0.2, 0.25) is 10.0 Å². The van der Waals surface area contributed by atoms with E-state index in [9.17, 15) is 13.2 Å². The van der Waals surface area contributed by atoms with Crippen molar-refractivity contribution in [2.45, 2.75) is 18.7 Å². The summed E-state index contributed by atoms with van der Waals surface area (Å²) in [5.74, 6) is -0.246. The number of aryl methyl sites for hydroxylation is 2. The van der Waals surface area contributed by atoms with Crippen molar-refractivity contribution in [3.8, 4) is 0 Å². The summed E-state index contributed by atoms with van der Waals surface area (Å²) < 4.78 is 25.7. The molecule has 25 heavy (non-hydrogen) atoms. The molecule has 0 aliphatic rings. The molecule has 0 aliphatic heterocycles. The van der Waals surface area contributed by atoms with Gasteiger partial charge in [-0.2, -0.15) is 0 Å². The Kier molecular flexibility index (Phi) is 4.36. The van der Waals surface area contributed by atoms with Crippen molar-refractivity contribution in [3.63, 3.8) is 0 Å². The highest BCUT2D eigenvalue weighted by molar-refractivity contribution is 7.89. The van der Waals surface area contributed by atoms with E-state index in [1.54, 1.807) is 18.2 Å². The Morgan fingerprint density at radius 2 is 1.72 bits per heavy atom. The second kappa shape index (κ2) is 6.34. The average Bonchev–Trinajstić information content (AvgIpc) is 2.89. The molecule has 0 fully saturated rings. The molecule has 0 bridgehead atoms. The lowest BCUT2D eigenvalue weighted by atomic mass is 10.1. The molecule has 0 radical (unpaired) electrons. The van der Waals surface area contributed by atoms with Gasteiger partial charge in [-0.1, -0.05) is 0 Å². The topological polar surface area (TPSA) is 91.1 Å². The van der Waals surface area contributed by atoms with Gasteiger partial charge in [0.1, 0.15) is 0 Å². The van der Waals surface area contributed by atoms with Crippen LogP contribution < -0.4 is 10.0 Å². The highest BCUT2D eigenvalue weighted by Crippen LogP contribution is 2.23. The molecule has 2 aromatic carbocycles. The molecule has 0 saturated carbocycles. The van der Waals surface area contributed by atoms with Gasteiger partial charge in [-0.3, -0.25) is 4.79 Å². The molecular formula is C18H19N3O3S. The van der Waals surface area contributed by atoms with E-state index in [1.807, 2.05) is 26.0 Å². The lowest BCUT2D eigenvalue weighted by Crippen LogP contribution is -2.18. The zero-order chi connectivity index (χ0) is 18.2. The van der Waals surface area contributed by atoms with Crippen molar-refractivity contribution >= 4 is 32.5 Å². The van der Waals surface area contributed by atoms with Gasteiger partial charge in [-0.05, 0) is 68.9 Å². The van der Waals surface area contributed by atoms with E-state index in [2.05, 4.69) is 15.0 Å². The van der Waals surface area contributed by atoms with Crippen LogP contribution in [0.25, 0.3) is 10.9 Å². The third-order valence-corrected chi connectivity index (χ3v) is 5.69. The molecule has 1 aromatic heterocycles. The monoisotopic (exact) mass is 357 g/mol. The second-order valence-electron chi connectivity index (χ2n) is 5.82. The first-order chi connectivity index (χ1) is 11.8. The summed E-state index contributed by atoms with van der Waals surface area (Å²) in [6.07, 6.45) is 0. The number of sulfonamides is 1. The molecule has 0 aliphatic carbocycles. The highest BCUT2D eigenvalue weighted by atomic mass is 32.2. The molecule has 7 heteroatoms. The minimum Gasteiger partial charge on any atom is -0.358 e. The van der Waals surface area contributed by atoms with Crippen LogP contribution in [0, 0.1) is 13.8 Å². The molecule has 1 heterocycles. The third kappa shape index (κ3) is 3.29. The Morgan fingerprint density at radius 1 is 1.04 bits per heavy atom. The summed E-state index contributed by atoms with van der Waals surface area (Å²) in [6.45, 7) is 4.01. The number of hydrogen-bond acceptors (Lipinski definition) is 3. The van der Waals surface area contributed by atoms with Crippen LogP contribution in [0.3, 0.4) is 0 Å². The molecule has 0 saturated heterocycles. The summed E-state index contributed by atoms with van der Waals surface area (Å²) in [7, 11) is -2.14. The molecule has 0 unspecified atom stereocenters. The first-order valence-corrected chi connectivity index (χ1v) is 9.24. The van der Waals surface area contributed by atoms with Crippen LogP contribution in [0.2, 0.25) is 0 Å². The summed E-state index contributed by atoms with van der Waals surface area (Å²) in [5.41, 5.74) is 4.26. The largest absolute Gasteiger partial charge is 0.358 e. The van der Waals surface area contributed by atoms with Crippen molar-refractivity contribution in [2.24, 2.45) is 0 Å². The van der Waals surface area contributed by atoms with Gasteiger partial charge < -0.3 is 10.3 Å². The summed E-state index contributed by atoms with van der Waals surface area (Å²) in [4.78, 5) is 15.9. The summed E-state index contributed by atoms with van der Waals surface area (Å²) in [6, 6.07) is 11.5. The molecule has 3 aromatic rings. The number of anilines is 1. The fourth-order valence-electron chi connectivity index (χ4n) is 2.64. The standard InChI is InChI=1S/C18H19N3O3S/c1-11-12(2)20-17-9-4-13(10-16(11)17)18(22)21-14-5-7-15(8-6-14)25(23,24)19-3/h4-10,19-20H,1-3H3,(H,21,22). The van der Waals surface area contributed by atoms with Gasteiger partial charge in [-0.15, -0.1) is 0 Å². The fourth-order valence-corrected chi connectivity index (χ4v) is 3.37. The number of aromatic nitrogens is 1. The summed E-state index contributed by atoms with van der Waals surface area (Å²) >= 11 is 0. The zero-order valence-corrected chi connectivity index (χ0v) is 15.0. The minimum absolute atomic E-state index is 0.146. The number of H-pyrrole nitrogens is 1. The highest BCUT2D eigenvalue weighted by Gasteiger charge is 2.13. The normalized spacial score (nSPS) is 11.6. The Balaban J connectivity index is 1.84. The first-order valence-electron chi connectivity index (χ1n) is 7.76. The maximum absolute atomic E-state index is 12.5. The van der Waals surface area contributed by atoms with E-state index in [1.165, 1.54) is 19.2 Å². The van der Waals surface area contributed by atoms with E-state index in [0.29, 0.717) is 11.3 Å². The van der Waals surface area contributed by atoms with E-state index < -0.39 is 10.0 Å². The molecule has 1 amide bonds. The van der Waals surface area contributed by atoms with Crippen LogP contribution >= 0.6 is 0 Å². The quantitative estimate of drug-likeness (QED) is 0.670. The molecule has 130 valence electrons. The number of nitrogens with one attached hydrogen (secondary N) is 3. The van der Waals surface area contributed by atoms with Crippen LogP contribution in [0.4, 0.5) is 5.69 Å². The molecule has 3 rings (SSSR count). The maximum Gasteiger partial charge on any atom is 0.255 e. The van der Waals surface area contributed by atoms with E-state index in [-0.39, 0.29) is 10.8 Å². The van der Waals surface area contributed by atoms with Gasteiger partial charge in [0.15, 0.2) is 0 Å². The summed E-state index contributed by atoms with van der Waals surface area (Å²) in [5, 5.41) is 3.80. The van der Waals surface area contributed by atoms with Crippen molar-refractivity contribution in [2.75, 3.05) is 12.4 Å². The number of fused-ring (bicyclic) bond motifs is 1. The molecular weight excluding hydrogens is 338 g/mol. The van der Waals surface area contributed by atoms with Crippen molar-refractivity contribution in [3.05, 3.63) is 59.3 Å². The lowest BCUT2D eigenvalue weighted by molar-refractivity contribution is 0.102. The van der Waals surface area contributed by atoms with E-state index in [0.717, 1.165) is 22.2 Å². The van der Waals surface area contributed by atoms with Gasteiger partial charge in [0, 0.05) is 27.8 Å². The van der Waals surface area contributed by atoms with Crippen LogP contribution in [-0.4, -0.2) is 26.4 Å². The maximum atomic E-state index is 12.5. The van der Waals surface area contributed by atoms with Gasteiger partial charge in [0.05, 0.1) is 4.90 Å². The van der Waals surface area contributed by atoms with Crippen LogP contribution in [0.1, 0.15) is 21.6 Å². The van der Waals surface area contributed by atoms with Gasteiger partial charge in [-0.25, -0.2) is 13.1 Å². The predicted molar refractivity (Wildman–Crippen MR) is 98.4 cm³/mol. The number of amides is 1. The predicted octanol–water partition coefficient (Wildman–Crippen LogP) is 2.95. The molecule has 0 spiro atoms. The van der Waals surface area contributed by atoms with Gasteiger partial charge >= 0.3 is 0 Å². The number of carbonyl (C=O) groups excluding carboxylic acids is 1. The Labute approximate surface area is 146 Å². The Bertz CT molecular complexity index is 1050. The molecule has 3 N–H and O–H groups in total. The number of rotatable bonds is 4. The third-order valence-electron chi connectivity index (χ3n) is 4.26. The molecule has 0 atom stereocenters. The zero-order valence-electron chi connectivity index (χ0n) is 14.2. The lowest BCUT2D eigenvalue weighted by Gasteiger charge is -2.07. The average molecular weight is 357 g/mol. The number of aromatic amines is 1. The minimum atomic E-state index is -3.49. The van der Waals surface area contributed by atoms with E-state index in [4.69, 9.17) is 0 Å². The number of benzene rings is 2. The van der Waals surface area contributed by atoms with Gasteiger partial charge in [0.25, 0.3) is 5.91 Å². The van der Waals surface area contributed by atoms with Crippen LogP contribution in [0.5, 0.6) is 0 Å². The smallest absolute Gasteiger partial charge is 0.255 e.